The van der Waals surface area contributed by atoms with Crippen LogP contribution in [0.3, 0.4) is 0 Å². The van der Waals surface area contributed by atoms with E-state index in [9.17, 15) is 0 Å². The molecule has 15 heavy (non-hydrogen) atoms. The van der Waals surface area contributed by atoms with Crippen molar-refractivity contribution in [2.45, 2.75) is 0 Å². The topological polar surface area (TPSA) is 22.1 Å². The molecule has 2 aromatic rings. The maximum absolute atomic E-state index is 5.65. The van der Waals surface area contributed by atoms with E-state index in [2.05, 4.69) is 36.8 Å². The van der Waals surface area contributed by atoms with Gasteiger partial charge in [0.15, 0.2) is 0 Å². The smallest absolute Gasteiger partial charge is 0.145 e. The third-order valence-corrected chi connectivity index (χ3v) is 2.90. The molecular weight excluding hydrogens is 322 g/mol. The van der Waals surface area contributed by atoms with Crippen molar-refractivity contribution in [1.29, 1.82) is 0 Å². The van der Waals surface area contributed by atoms with E-state index in [-0.39, 0.29) is 0 Å². The van der Waals surface area contributed by atoms with Gasteiger partial charge in [0.25, 0.3) is 0 Å². The third-order valence-electron chi connectivity index (χ3n) is 1.76. The molecule has 0 amide bonds. The fourth-order valence-corrected chi connectivity index (χ4v) is 1.76. The number of hydrogen-bond donors (Lipinski definition) is 0. The number of halogens is 2. The number of ether oxygens (including phenoxy) is 1. The van der Waals surface area contributed by atoms with Crippen LogP contribution in [-0.2, 0) is 0 Å². The molecule has 76 valence electrons. The van der Waals surface area contributed by atoms with Gasteiger partial charge in [0, 0.05) is 10.7 Å². The zero-order valence-corrected chi connectivity index (χ0v) is 10.8. The first-order valence-electron chi connectivity index (χ1n) is 4.28. The zero-order chi connectivity index (χ0) is 10.7. The van der Waals surface area contributed by atoms with E-state index in [0.717, 1.165) is 20.4 Å². The lowest BCUT2D eigenvalue weighted by Gasteiger charge is -2.07. The van der Waals surface area contributed by atoms with Crippen molar-refractivity contribution in [2.75, 3.05) is 0 Å². The van der Waals surface area contributed by atoms with Crippen LogP contribution in [0.2, 0.25) is 0 Å². The molecule has 0 unspecified atom stereocenters. The molecule has 2 nitrogen and oxygen atoms in total. The van der Waals surface area contributed by atoms with Gasteiger partial charge < -0.3 is 4.74 Å². The minimum atomic E-state index is 0.719. The molecule has 0 bridgehead atoms. The maximum atomic E-state index is 5.65. The highest BCUT2D eigenvalue weighted by molar-refractivity contribution is 9.11. The normalized spacial score (nSPS) is 10.0. The summed E-state index contributed by atoms with van der Waals surface area (Å²) in [6.45, 7) is 0. The van der Waals surface area contributed by atoms with E-state index in [4.69, 9.17) is 4.74 Å². The molecule has 1 aromatic carbocycles. The first-order valence-corrected chi connectivity index (χ1v) is 5.87. The summed E-state index contributed by atoms with van der Waals surface area (Å²) in [5.74, 6) is 1.48. The molecular formula is C11H7Br2NO. The summed E-state index contributed by atoms with van der Waals surface area (Å²) in [5.41, 5.74) is 0. The molecule has 2 rings (SSSR count). The lowest BCUT2D eigenvalue weighted by Crippen LogP contribution is -1.85. The summed E-state index contributed by atoms with van der Waals surface area (Å²) < 4.78 is 7.54. The second kappa shape index (κ2) is 4.77. The van der Waals surface area contributed by atoms with Gasteiger partial charge in [-0.1, -0.05) is 15.9 Å². The molecule has 1 heterocycles. The summed E-state index contributed by atoms with van der Waals surface area (Å²) in [6, 6.07) is 9.47. The van der Waals surface area contributed by atoms with E-state index in [1.54, 1.807) is 12.4 Å². The standard InChI is InChI=1S/C11H7Br2NO/c12-8-3-4-10(13)11(6-8)15-9-2-1-5-14-7-9/h1-7H. The molecule has 0 fully saturated rings. The van der Waals surface area contributed by atoms with Crippen molar-refractivity contribution in [3.8, 4) is 11.5 Å². The van der Waals surface area contributed by atoms with Crippen LogP contribution in [0.25, 0.3) is 0 Å². The fraction of sp³-hybridized carbons (Fsp3) is 0. The van der Waals surface area contributed by atoms with Crippen LogP contribution in [0.5, 0.6) is 11.5 Å². The first-order chi connectivity index (χ1) is 7.25. The van der Waals surface area contributed by atoms with Gasteiger partial charge in [0.05, 0.1) is 10.7 Å². The largest absolute Gasteiger partial charge is 0.455 e. The monoisotopic (exact) mass is 327 g/mol. The molecule has 0 N–H and O–H groups in total. The molecule has 0 aliphatic carbocycles. The Morgan fingerprint density at radius 1 is 1.13 bits per heavy atom. The van der Waals surface area contributed by atoms with Crippen molar-refractivity contribution in [3.63, 3.8) is 0 Å². The third kappa shape index (κ3) is 2.79. The maximum Gasteiger partial charge on any atom is 0.145 e. The van der Waals surface area contributed by atoms with E-state index in [0.29, 0.717) is 0 Å². The number of aromatic nitrogens is 1. The first kappa shape index (κ1) is 10.6. The zero-order valence-electron chi connectivity index (χ0n) is 7.65. The molecule has 0 atom stereocenters. The minimum Gasteiger partial charge on any atom is -0.455 e. The van der Waals surface area contributed by atoms with Crippen LogP contribution >= 0.6 is 31.9 Å². The van der Waals surface area contributed by atoms with E-state index in [1.807, 2.05) is 30.3 Å². The highest BCUT2D eigenvalue weighted by atomic mass is 79.9. The number of nitrogens with zero attached hydrogens (tertiary/aromatic N) is 1. The Bertz CT molecular complexity index is 459. The molecule has 0 radical (unpaired) electrons. The second-order valence-corrected chi connectivity index (χ2v) is 4.64. The highest BCUT2D eigenvalue weighted by Gasteiger charge is 2.03. The Hall–Kier alpha value is -0.870. The van der Waals surface area contributed by atoms with Gasteiger partial charge in [-0.2, -0.15) is 0 Å². The Morgan fingerprint density at radius 2 is 2.00 bits per heavy atom. The van der Waals surface area contributed by atoms with Crippen molar-refractivity contribution in [2.24, 2.45) is 0 Å². The Kier molecular flexibility index (Phi) is 3.38. The van der Waals surface area contributed by atoms with Crippen LogP contribution < -0.4 is 4.74 Å². The molecule has 1 aromatic heterocycles. The predicted octanol–water partition coefficient (Wildman–Crippen LogP) is 4.40. The Morgan fingerprint density at radius 3 is 2.73 bits per heavy atom. The number of pyridine rings is 1. The van der Waals surface area contributed by atoms with Crippen molar-refractivity contribution >= 4 is 31.9 Å². The molecule has 0 saturated carbocycles. The van der Waals surface area contributed by atoms with Gasteiger partial charge >= 0.3 is 0 Å². The molecule has 0 saturated heterocycles. The predicted molar refractivity (Wildman–Crippen MR) is 66.2 cm³/mol. The molecule has 4 heteroatoms. The van der Waals surface area contributed by atoms with Gasteiger partial charge in [-0.15, -0.1) is 0 Å². The van der Waals surface area contributed by atoms with Crippen molar-refractivity contribution < 1.29 is 4.74 Å². The van der Waals surface area contributed by atoms with E-state index >= 15 is 0 Å². The van der Waals surface area contributed by atoms with Crippen LogP contribution in [0, 0.1) is 0 Å². The summed E-state index contributed by atoms with van der Waals surface area (Å²) in [7, 11) is 0. The Labute approximate surface area is 105 Å². The fourth-order valence-electron chi connectivity index (χ4n) is 1.09. The lowest BCUT2D eigenvalue weighted by molar-refractivity contribution is 0.477. The van der Waals surface area contributed by atoms with E-state index in [1.165, 1.54) is 0 Å². The second-order valence-electron chi connectivity index (χ2n) is 2.87. The molecule has 0 aliphatic heterocycles. The summed E-state index contributed by atoms with van der Waals surface area (Å²) >= 11 is 6.81. The van der Waals surface area contributed by atoms with Gasteiger partial charge in [-0.25, -0.2) is 0 Å². The SMILES string of the molecule is Brc1ccc(Br)c(Oc2cccnc2)c1. The summed E-state index contributed by atoms with van der Waals surface area (Å²) in [5, 5.41) is 0. The molecule has 0 spiro atoms. The highest BCUT2D eigenvalue weighted by Crippen LogP contribution is 2.31. The van der Waals surface area contributed by atoms with Crippen LogP contribution in [-0.4, -0.2) is 4.98 Å². The number of rotatable bonds is 2. The average Bonchev–Trinajstić information content (AvgIpc) is 2.25. The summed E-state index contributed by atoms with van der Waals surface area (Å²) in [6.07, 6.45) is 3.39. The van der Waals surface area contributed by atoms with Crippen LogP contribution in [0.1, 0.15) is 0 Å². The Balaban J connectivity index is 2.28. The van der Waals surface area contributed by atoms with Crippen molar-refractivity contribution in [3.05, 3.63) is 51.7 Å². The van der Waals surface area contributed by atoms with Crippen LogP contribution in [0.4, 0.5) is 0 Å². The quantitative estimate of drug-likeness (QED) is 0.815. The molecule has 0 aliphatic rings. The lowest BCUT2D eigenvalue weighted by atomic mass is 10.3. The number of benzene rings is 1. The van der Waals surface area contributed by atoms with Crippen LogP contribution in [0.15, 0.2) is 51.7 Å². The van der Waals surface area contributed by atoms with E-state index < -0.39 is 0 Å². The van der Waals surface area contributed by atoms with Crippen molar-refractivity contribution in [1.82, 2.24) is 4.98 Å². The summed E-state index contributed by atoms with van der Waals surface area (Å²) in [4.78, 5) is 3.98. The van der Waals surface area contributed by atoms with Gasteiger partial charge in [-0.05, 0) is 46.3 Å². The minimum absolute atomic E-state index is 0.719. The van der Waals surface area contributed by atoms with Gasteiger partial charge in [0.2, 0.25) is 0 Å². The average molecular weight is 329 g/mol. The van der Waals surface area contributed by atoms with Gasteiger partial charge in [0.1, 0.15) is 11.5 Å². The van der Waals surface area contributed by atoms with Gasteiger partial charge in [-0.3, -0.25) is 4.98 Å². The number of hydrogen-bond acceptors (Lipinski definition) is 2.